The molecule has 1 N–H and O–H groups in total. The predicted molar refractivity (Wildman–Crippen MR) is 90.2 cm³/mol. The van der Waals surface area contributed by atoms with E-state index in [-0.39, 0.29) is 10.8 Å². The Kier molecular flexibility index (Phi) is 5.14. The van der Waals surface area contributed by atoms with Gasteiger partial charge in [0.2, 0.25) is 0 Å². The van der Waals surface area contributed by atoms with E-state index in [1.165, 1.54) is 5.56 Å². The van der Waals surface area contributed by atoms with E-state index in [2.05, 4.69) is 55.8 Å². The van der Waals surface area contributed by atoms with Gasteiger partial charge in [0.25, 0.3) is 0 Å². The Bertz CT molecular complexity index is 548. The Labute approximate surface area is 130 Å². The second-order valence-corrected chi connectivity index (χ2v) is 7.77. The molecule has 0 aliphatic rings. The minimum absolute atomic E-state index is 0.0918. The summed E-state index contributed by atoms with van der Waals surface area (Å²) in [5, 5.41) is 0.795. The van der Waals surface area contributed by atoms with Crippen LogP contribution in [0.25, 0.3) is 0 Å². The fourth-order valence-electron chi connectivity index (χ4n) is 1.90. The number of nitrogens with one attached hydrogen (secondary N) is 1. The van der Waals surface area contributed by atoms with Gasteiger partial charge in [0.15, 0.2) is 0 Å². The molecule has 0 fully saturated rings. The largest absolute Gasteiger partial charge is 0.252 e. The third kappa shape index (κ3) is 4.27. The SMILES string of the molecule is CC(C)(C)SNC(c1ccccc1)c1ccccc1Cl. The highest BCUT2D eigenvalue weighted by Gasteiger charge is 2.20. The molecule has 0 bridgehead atoms. The van der Waals surface area contributed by atoms with Gasteiger partial charge >= 0.3 is 0 Å². The van der Waals surface area contributed by atoms with Crippen molar-refractivity contribution < 1.29 is 0 Å². The molecular formula is C17H20ClNS. The van der Waals surface area contributed by atoms with E-state index in [4.69, 9.17) is 11.6 Å². The molecule has 2 rings (SSSR count). The molecule has 0 amide bonds. The summed E-state index contributed by atoms with van der Waals surface area (Å²) in [6.07, 6.45) is 0. The van der Waals surface area contributed by atoms with Gasteiger partial charge < -0.3 is 0 Å². The van der Waals surface area contributed by atoms with Crippen molar-refractivity contribution in [2.75, 3.05) is 0 Å². The lowest BCUT2D eigenvalue weighted by Gasteiger charge is -2.25. The third-order valence-corrected chi connectivity index (χ3v) is 4.14. The molecule has 3 heteroatoms. The van der Waals surface area contributed by atoms with E-state index >= 15 is 0 Å². The van der Waals surface area contributed by atoms with Crippen molar-refractivity contribution in [1.82, 2.24) is 4.72 Å². The molecule has 0 heterocycles. The lowest BCUT2D eigenvalue weighted by atomic mass is 10.00. The van der Waals surface area contributed by atoms with Gasteiger partial charge in [-0.05, 0) is 38.0 Å². The number of halogens is 1. The average Bonchev–Trinajstić information content (AvgIpc) is 2.41. The molecule has 0 saturated carbocycles. The quantitative estimate of drug-likeness (QED) is 0.752. The maximum Gasteiger partial charge on any atom is 0.0686 e. The van der Waals surface area contributed by atoms with Crippen molar-refractivity contribution in [3.63, 3.8) is 0 Å². The highest BCUT2D eigenvalue weighted by molar-refractivity contribution is 7.98. The molecule has 0 aliphatic heterocycles. The van der Waals surface area contributed by atoms with Gasteiger partial charge in [-0.15, -0.1) is 0 Å². The first-order valence-electron chi connectivity index (χ1n) is 6.70. The Morgan fingerprint density at radius 3 is 2.15 bits per heavy atom. The van der Waals surface area contributed by atoms with E-state index in [0.29, 0.717) is 0 Å². The van der Waals surface area contributed by atoms with Crippen LogP contribution in [0, 0.1) is 0 Å². The van der Waals surface area contributed by atoms with Crippen LogP contribution in [0.4, 0.5) is 0 Å². The first-order chi connectivity index (χ1) is 9.47. The summed E-state index contributed by atoms with van der Waals surface area (Å²) in [5.41, 5.74) is 2.33. The standard InChI is InChI=1S/C17H20ClNS/c1-17(2,3)20-19-16(13-9-5-4-6-10-13)14-11-7-8-12-15(14)18/h4-12,16,19H,1-3H3. The zero-order valence-electron chi connectivity index (χ0n) is 12.1. The number of rotatable bonds is 4. The van der Waals surface area contributed by atoms with Gasteiger partial charge in [-0.1, -0.05) is 72.1 Å². The third-order valence-electron chi connectivity index (χ3n) is 2.83. The molecule has 0 aromatic heterocycles. The van der Waals surface area contributed by atoms with Crippen molar-refractivity contribution in [3.8, 4) is 0 Å². The van der Waals surface area contributed by atoms with E-state index in [1.807, 2.05) is 24.3 Å². The molecular weight excluding hydrogens is 286 g/mol. The predicted octanol–water partition coefficient (Wildman–Crippen LogP) is 5.47. The van der Waals surface area contributed by atoms with Crippen LogP contribution < -0.4 is 4.72 Å². The highest BCUT2D eigenvalue weighted by Crippen LogP contribution is 2.32. The molecule has 1 nitrogen and oxygen atoms in total. The minimum atomic E-state index is 0.0918. The lowest BCUT2D eigenvalue weighted by Crippen LogP contribution is -2.22. The zero-order valence-corrected chi connectivity index (χ0v) is 13.6. The molecule has 1 atom stereocenters. The number of hydrogen-bond donors (Lipinski definition) is 1. The molecule has 0 spiro atoms. The summed E-state index contributed by atoms with van der Waals surface area (Å²) in [6.45, 7) is 6.58. The van der Waals surface area contributed by atoms with E-state index < -0.39 is 0 Å². The maximum atomic E-state index is 6.37. The molecule has 0 saturated heterocycles. The van der Waals surface area contributed by atoms with Crippen molar-refractivity contribution in [1.29, 1.82) is 0 Å². The van der Waals surface area contributed by atoms with Gasteiger partial charge in [-0.25, -0.2) is 0 Å². The van der Waals surface area contributed by atoms with Gasteiger partial charge in [0.1, 0.15) is 0 Å². The molecule has 1 unspecified atom stereocenters. The van der Waals surface area contributed by atoms with Crippen LogP contribution in [0.15, 0.2) is 54.6 Å². The van der Waals surface area contributed by atoms with Crippen molar-refractivity contribution in [2.24, 2.45) is 0 Å². The van der Waals surface area contributed by atoms with Gasteiger partial charge in [0.05, 0.1) is 6.04 Å². The lowest BCUT2D eigenvalue weighted by molar-refractivity contribution is 0.752. The van der Waals surface area contributed by atoms with Crippen LogP contribution in [0.2, 0.25) is 5.02 Å². The Morgan fingerprint density at radius 2 is 1.55 bits per heavy atom. The van der Waals surface area contributed by atoms with Crippen LogP contribution in [0.1, 0.15) is 37.9 Å². The van der Waals surface area contributed by atoms with Crippen LogP contribution in [0.5, 0.6) is 0 Å². The van der Waals surface area contributed by atoms with Crippen molar-refractivity contribution in [3.05, 3.63) is 70.7 Å². The van der Waals surface area contributed by atoms with E-state index in [9.17, 15) is 0 Å². The zero-order chi connectivity index (χ0) is 14.6. The normalized spacial score (nSPS) is 13.2. The van der Waals surface area contributed by atoms with Crippen molar-refractivity contribution >= 4 is 23.5 Å². The van der Waals surface area contributed by atoms with Gasteiger partial charge in [-0.3, -0.25) is 4.72 Å². The molecule has 2 aromatic carbocycles. The minimum Gasteiger partial charge on any atom is -0.252 e. The fourth-order valence-corrected chi connectivity index (χ4v) is 2.88. The summed E-state index contributed by atoms with van der Waals surface area (Å²) in [7, 11) is 0. The Balaban J connectivity index is 2.32. The summed E-state index contributed by atoms with van der Waals surface area (Å²) in [5.74, 6) is 0. The molecule has 0 aliphatic carbocycles. The summed E-state index contributed by atoms with van der Waals surface area (Å²) in [6, 6.07) is 18.5. The monoisotopic (exact) mass is 305 g/mol. The Hall–Kier alpha value is -0.960. The fraction of sp³-hybridized carbons (Fsp3) is 0.294. The summed E-state index contributed by atoms with van der Waals surface area (Å²) >= 11 is 8.10. The first kappa shape index (κ1) is 15.4. The van der Waals surface area contributed by atoms with E-state index in [0.717, 1.165) is 10.6 Å². The molecule has 106 valence electrons. The highest BCUT2D eigenvalue weighted by atomic mass is 35.5. The molecule has 0 radical (unpaired) electrons. The number of benzene rings is 2. The number of hydrogen-bond acceptors (Lipinski definition) is 2. The summed E-state index contributed by atoms with van der Waals surface area (Å²) < 4.78 is 3.71. The second-order valence-electron chi connectivity index (χ2n) is 5.70. The second kappa shape index (κ2) is 6.66. The molecule has 2 aromatic rings. The smallest absolute Gasteiger partial charge is 0.0686 e. The van der Waals surface area contributed by atoms with Gasteiger partial charge in [-0.2, -0.15) is 0 Å². The topological polar surface area (TPSA) is 12.0 Å². The van der Waals surface area contributed by atoms with Crippen LogP contribution in [-0.2, 0) is 0 Å². The van der Waals surface area contributed by atoms with Crippen molar-refractivity contribution in [2.45, 2.75) is 31.6 Å². The van der Waals surface area contributed by atoms with Crippen LogP contribution in [0.3, 0.4) is 0 Å². The van der Waals surface area contributed by atoms with Crippen LogP contribution in [-0.4, -0.2) is 4.75 Å². The Morgan fingerprint density at radius 1 is 0.950 bits per heavy atom. The maximum absolute atomic E-state index is 6.37. The van der Waals surface area contributed by atoms with Crippen LogP contribution >= 0.6 is 23.5 Å². The first-order valence-corrected chi connectivity index (χ1v) is 7.90. The summed E-state index contributed by atoms with van der Waals surface area (Å²) in [4.78, 5) is 0. The molecule has 20 heavy (non-hydrogen) atoms. The van der Waals surface area contributed by atoms with E-state index in [1.54, 1.807) is 11.9 Å². The average molecular weight is 306 g/mol. The van der Waals surface area contributed by atoms with Gasteiger partial charge in [0, 0.05) is 9.77 Å².